The third-order valence-electron chi connectivity index (χ3n) is 1.28. The second-order valence-corrected chi connectivity index (χ2v) is 2.15. The molecule has 0 aromatic rings. The summed E-state index contributed by atoms with van der Waals surface area (Å²) in [4.78, 5) is 0. The first-order valence-electron chi connectivity index (χ1n) is 3.33. The molecule has 0 aromatic carbocycles. The molecule has 0 heterocycles. The average Bonchev–Trinajstić information content (AvgIpc) is 1.99. The topological polar surface area (TPSA) is 0 Å². The Morgan fingerprint density at radius 3 is 2.30 bits per heavy atom. The van der Waals surface area contributed by atoms with Gasteiger partial charge in [0.15, 0.2) is 0 Å². The van der Waals surface area contributed by atoms with Gasteiger partial charge >= 0.3 is 0 Å². The number of allylic oxidation sites excluding steroid dienone is 6. The smallest absolute Gasteiger partial charge is 0.0335 e. The fourth-order valence-electron chi connectivity index (χ4n) is 0.403. The molecule has 0 aromatic heterocycles. The van der Waals surface area contributed by atoms with E-state index < -0.39 is 0 Å². The fourth-order valence-corrected chi connectivity index (χ4v) is 0.403. The molecule has 0 fully saturated rings. The van der Waals surface area contributed by atoms with Gasteiger partial charge in [0.25, 0.3) is 0 Å². The Kier molecular flexibility index (Phi) is 4.30. The molecule has 0 atom stereocenters. The zero-order chi connectivity index (χ0) is 7.98. The summed E-state index contributed by atoms with van der Waals surface area (Å²) in [6, 6.07) is 0. The van der Waals surface area contributed by atoms with Crippen molar-refractivity contribution in [2.75, 3.05) is 0 Å². The molecule has 0 aliphatic rings. The maximum absolute atomic E-state index is 3.75. The van der Waals surface area contributed by atoms with Gasteiger partial charge in [-0.15, -0.1) is 0 Å². The SMILES string of the molecule is C=CC(=C)/C=C\C(C)=C/C. The second-order valence-electron chi connectivity index (χ2n) is 2.15. The quantitative estimate of drug-likeness (QED) is 0.520. The second kappa shape index (κ2) is 4.80. The highest BCUT2D eigenvalue weighted by molar-refractivity contribution is 5.30. The van der Waals surface area contributed by atoms with Gasteiger partial charge in [0.1, 0.15) is 0 Å². The van der Waals surface area contributed by atoms with E-state index in [-0.39, 0.29) is 0 Å². The van der Waals surface area contributed by atoms with Crippen molar-refractivity contribution >= 4 is 0 Å². The molecule has 0 aliphatic heterocycles. The highest BCUT2D eigenvalue weighted by Crippen LogP contribution is 1.98. The molecule has 0 saturated carbocycles. The Bertz CT molecular complexity index is 176. The van der Waals surface area contributed by atoms with Crippen LogP contribution < -0.4 is 0 Å². The third-order valence-corrected chi connectivity index (χ3v) is 1.28. The number of rotatable bonds is 3. The standard InChI is InChI=1S/C10H14/c1-5-9(3)7-8-10(4)6-2/h5-8H,1,3H2,2,4H3/b8-7-,10-6-. The molecule has 0 aliphatic carbocycles. The number of hydrogen-bond acceptors (Lipinski definition) is 0. The van der Waals surface area contributed by atoms with Gasteiger partial charge in [-0.3, -0.25) is 0 Å². The van der Waals surface area contributed by atoms with E-state index in [0.717, 1.165) is 5.57 Å². The van der Waals surface area contributed by atoms with Crippen molar-refractivity contribution in [2.24, 2.45) is 0 Å². The molecule has 0 bridgehead atoms. The lowest BCUT2D eigenvalue weighted by atomic mass is 10.2. The molecular weight excluding hydrogens is 120 g/mol. The van der Waals surface area contributed by atoms with Gasteiger partial charge in [-0.1, -0.05) is 43.0 Å². The zero-order valence-electron chi connectivity index (χ0n) is 6.72. The van der Waals surface area contributed by atoms with Gasteiger partial charge in [-0.25, -0.2) is 0 Å². The van der Waals surface area contributed by atoms with Crippen LogP contribution in [0.3, 0.4) is 0 Å². The zero-order valence-corrected chi connectivity index (χ0v) is 6.72. The van der Waals surface area contributed by atoms with E-state index in [1.165, 1.54) is 5.57 Å². The molecule has 0 unspecified atom stereocenters. The van der Waals surface area contributed by atoms with Crippen LogP contribution in [-0.2, 0) is 0 Å². The van der Waals surface area contributed by atoms with Crippen molar-refractivity contribution in [3.05, 3.63) is 48.6 Å². The van der Waals surface area contributed by atoms with E-state index in [1.807, 2.05) is 32.1 Å². The maximum Gasteiger partial charge on any atom is -0.0335 e. The molecule has 0 nitrogen and oxygen atoms in total. The van der Waals surface area contributed by atoms with Crippen LogP contribution in [0.4, 0.5) is 0 Å². The van der Waals surface area contributed by atoms with Gasteiger partial charge in [0, 0.05) is 0 Å². The van der Waals surface area contributed by atoms with Crippen molar-refractivity contribution < 1.29 is 0 Å². The normalized spacial score (nSPS) is 12.0. The lowest BCUT2D eigenvalue weighted by molar-refractivity contribution is 1.47. The largest absolute Gasteiger partial charge is 0.0985 e. The predicted octanol–water partition coefficient (Wildman–Crippen LogP) is 3.25. The van der Waals surface area contributed by atoms with Crippen molar-refractivity contribution in [2.45, 2.75) is 13.8 Å². The van der Waals surface area contributed by atoms with E-state index in [2.05, 4.69) is 13.2 Å². The summed E-state index contributed by atoms with van der Waals surface area (Å²) in [6.45, 7) is 11.4. The molecule has 0 spiro atoms. The van der Waals surface area contributed by atoms with Gasteiger partial charge in [-0.2, -0.15) is 0 Å². The Morgan fingerprint density at radius 2 is 1.90 bits per heavy atom. The first kappa shape index (κ1) is 8.96. The minimum atomic E-state index is 0.946. The summed E-state index contributed by atoms with van der Waals surface area (Å²) in [5.41, 5.74) is 2.18. The maximum atomic E-state index is 3.75. The van der Waals surface area contributed by atoms with Crippen molar-refractivity contribution in [1.29, 1.82) is 0 Å². The molecular formula is C10H14. The predicted molar refractivity (Wildman–Crippen MR) is 47.9 cm³/mol. The summed E-state index contributed by atoms with van der Waals surface area (Å²) in [5.74, 6) is 0. The molecule has 0 heteroatoms. The van der Waals surface area contributed by atoms with Crippen molar-refractivity contribution in [3.63, 3.8) is 0 Å². The minimum absolute atomic E-state index is 0.946. The monoisotopic (exact) mass is 134 g/mol. The molecule has 0 amide bonds. The van der Waals surface area contributed by atoms with Crippen LogP contribution in [0.1, 0.15) is 13.8 Å². The highest BCUT2D eigenvalue weighted by Gasteiger charge is 1.78. The molecule has 10 heavy (non-hydrogen) atoms. The lowest BCUT2D eigenvalue weighted by Crippen LogP contribution is -1.67. The molecule has 0 rings (SSSR count). The average molecular weight is 134 g/mol. The number of hydrogen-bond donors (Lipinski definition) is 0. The Labute approximate surface area is 63.3 Å². The van der Waals surface area contributed by atoms with Crippen LogP contribution >= 0.6 is 0 Å². The Balaban J connectivity index is 4.00. The van der Waals surface area contributed by atoms with Gasteiger partial charge in [-0.05, 0) is 19.4 Å². The van der Waals surface area contributed by atoms with Crippen LogP contribution in [0.15, 0.2) is 48.6 Å². The first-order chi connectivity index (χ1) is 4.70. The summed E-state index contributed by atoms with van der Waals surface area (Å²) >= 11 is 0. The van der Waals surface area contributed by atoms with Crippen molar-refractivity contribution in [1.82, 2.24) is 0 Å². The van der Waals surface area contributed by atoms with Gasteiger partial charge in [0.05, 0.1) is 0 Å². The van der Waals surface area contributed by atoms with Gasteiger partial charge in [0.2, 0.25) is 0 Å². The summed E-state index contributed by atoms with van der Waals surface area (Å²) in [5, 5.41) is 0. The lowest BCUT2D eigenvalue weighted by Gasteiger charge is -1.88. The van der Waals surface area contributed by atoms with E-state index in [0.29, 0.717) is 0 Å². The molecule has 0 radical (unpaired) electrons. The van der Waals surface area contributed by atoms with E-state index in [9.17, 15) is 0 Å². The fraction of sp³-hybridized carbons (Fsp3) is 0.200. The van der Waals surface area contributed by atoms with Crippen LogP contribution in [0, 0.1) is 0 Å². The van der Waals surface area contributed by atoms with E-state index >= 15 is 0 Å². The van der Waals surface area contributed by atoms with E-state index in [4.69, 9.17) is 0 Å². The van der Waals surface area contributed by atoms with Crippen molar-refractivity contribution in [3.8, 4) is 0 Å². The molecule has 54 valence electrons. The van der Waals surface area contributed by atoms with Crippen LogP contribution in [0.5, 0.6) is 0 Å². The minimum Gasteiger partial charge on any atom is -0.0985 e. The summed E-state index contributed by atoms with van der Waals surface area (Å²) < 4.78 is 0. The molecule has 0 saturated heterocycles. The van der Waals surface area contributed by atoms with Gasteiger partial charge < -0.3 is 0 Å². The molecule has 0 N–H and O–H groups in total. The summed E-state index contributed by atoms with van der Waals surface area (Å²) in [7, 11) is 0. The van der Waals surface area contributed by atoms with E-state index in [1.54, 1.807) is 6.08 Å². The Hall–Kier alpha value is -1.04. The first-order valence-corrected chi connectivity index (χ1v) is 3.33. The van der Waals surface area contributed by atoms with Crippen LogP contribution in [0.25, 0.3) is 0 Å². The Morgan fingerprint density at radius 1 is 1.30 bits per heavy atom. The summed E-state index contributed by atoms with van der Waals surface area (Å²) in [6.07, 6.45) is 7.75. The third kappa shape index (κ3) is 3.90. The van der Waals surface area contributed by atoms with Crippen LogP contribution in [0.2, 0.25) is 0 Å². The highest BCUT2D eigenvalue weighted by atomic mass is 13.8. The van der Waals surface area contributed by atoms with Crippen LogP contribution in [-0.4, -0.2) is 0 Å².